The first kappa shape index (κ1) is 24.4. The van der Waals surface area contributed by atoms with Gasteiger partial charge in [-0.25, -0.2) is 9.59 Å². The van der Waals surface area contributed by atoms with Gasteiger partial charge in [-0.05, 0) is 60.6 Å². The van der Waals surface area contributed by atoms with Crippen LogP contribution in [0.15, 0.2) is 51.7 Å². The van der Waals surface area contributed by atoms with Crippen molar-refractivity contribution in [1.82, 2.24) is 4.90 Å². The van der Waals surface area contributed by atoms with E-state index in [4.69, 9.17) is 9.15 Å². The van der Waals surface area contributed by atoms with Crippen molar-refractivity contribution in [1.29, 1.82) is 0 Å². The summed E-state index contributed by atoms with van der Waals surface area (Å²) in [5, 5.41) is 0.688. The number of ether oxygens (including phenoxy) is 1. The van der Waals surface area contributed by atoms with Gasteiger partial charge in [0.1, 0.15) is 18.2 Å². The highest BCUT2D eigenvalue weighted by Gasteiger charge is 2.43. The van der Waals surface area contributed by atoms with Crippen molar-refractivity contribution >= 4 is 28.8 Å². The van der Waals surface area contributed by atoms with Gasteiger partial charge in [-0.3, -0.25) is 14.5 Å². The lowest BCUT2D eigenvalue weighted by Crippen LogP contribution is -2.46. The van der Waals surface area contributed by atoms with E-state index in [2.05, 4.69) is 13.8 Å². The SMILES string of the molecule is Cc1cc2oc(=O)cc(COC(=O)[C@H](CC(C)C)N3C(=O)c4ccccc4C3=O)c2cc1C(C)C. The third kappa shape index (κ3) is 4.63. The van der Waals surface area contributed by atoms with E-state index >= 15 is 0 Å². The highest BCUT2D eigenvalue weighted by Crippen LogP contribution is 2.29. The molecule has 2 heterocycles. The lowest BCUT2D eigenvalue weighted by Gasteiger charge is -2.26. The minimum absolute atomic E-state index is 0.0260. The molecule has 182 valence electrons. The third-order valence-corrected chi connectivity index (χ3v) is 6.31. The first-order chi connectivity index (χ1) is 16.6. The Hall–Kier alpha value is -3.74. The number of amides is 2. The number of nitrogens with zero attached hydrogens (tertiary/aromatic N) is 1. The van der Waals surface area contributed by atoms with Gasteiger partial charge in [-0.15, -0.1) is 0 Å². The minimum atomic E-state index is -1.07. The molecule has 2 aromatic carbocycles. The molecule has 0 fully saturated rings. The molecular weight excluding hydrogens is 446 g/mol. The van der Waals surface area contributed by atoms with E-state index in [1.807, 2.05) is 32.9 Å². The predicted octanol–water partition coefficient (Wildman–Crippen LogP) is 4.98. The fourth-order valence-electron chi connectivity index (χ4n) is 4.62. The summed E-state index contributed by atoms with van der Waals surface area (Å²) in [4.78, 5) is 52.5. The maximum Gasteiger partial charge on any atom is 0.336 e. The molecule has 7 heteroatoms. The molecule has 7 nitrogen and oxygen atoms in total. The number of imide groups is 1. The summed E-state index contributed by atoms with van der Waals surface area (Å²) in [6.45, 7) is 9.74. The Bertz CT molecular complexity index is 1350. The number of benzene rings is 2. The monoisotopic (exact) mass is 475 g/mol. The van der Waals surface area contributed by atoms with Gasteiger partial charge < -0.3 is 9.15 Å². The molecule has 0 bridgehead atoms. The molecule has 0 unspecified atom stereocenters. The molecule has 2 amide bonds. The Morgan fingerprint density at radius 3 is 2.17 bits per heavy atom. The number of carbonyl (C=O) groups excluding carboxylic acids is 3. The summed E-state index contributed by atoms with van der Waals surface area (Å²) in [7, 11) is 0. The lowest BCUT2D eigenvalue weighted by molar-refractivity contribution is -0.150. The largest absolute Gasteiger partial charge is 0.459 e. The molecular formula is C28H29NO6. The molecule has 1 aliphatic rings. The molecule has 0 spiro atoms. The predicted molar refractivity (Wildman–Crippen MR) is 131 cm³/mol. The Balaban J connectivity index is 1.64. The fourth-order valence-corrected chi connectivity index (χ4v) is 4.62. The maximum atomic E-state index is 13.3. The Labute approximate surface area is 203 Å². The van der Waals surface area contributed by atoms with E-state index in [-0.39, 0.29) is 36.0 Å². The second kappa shape index (κ2) is 9.49. The molecule has 0 radical (unpaired) electrons. The lowest BCUT2D eigenvalue weighted by atomic mass is 9.95. The molecule has 1 aliphatic heterocycles. The van der Waals surface area contributed by atoms with E-state index in [0.717, 1.165) is 16.0 Å². The van der Waals surface area contributed by atoms with Gasteiger partial charge in [0.2, 0.25) is 0 Å². The quantitative estimate of drug-likeness (QED) is 0.272. The summed E-state index contributed by atoms with van der Waals surface area (Å²) in [6, 6.07) is 10.5. The van der Waals surface area contributed by atoms with Crippen molar-refractivity contribution in [2.45, 2.75) is 59.6 Å². The van der Waals surface area contributed by atoms with E-state index in [1.165, 1.54) is 6.07 Å². The van der Waals surface area contributed by atoms with Crippen LogP contribution < -0.4 is 5.63 Å². The molecule has 0 saturated carbocycles. The second-order valence-electron chi connectivity index (χ2n) is 9.73. The van der Waals surface area contributed by atoms with Gasteiger partial charge in [0.25, 0.3) is 11.8 Å². The van der Waals surface area contributed by atoms with Crippen molar-refractivity contribution in [2.75, 3.05) is 0 Å². The maximum absolute atomic E-state index is 13.3. The summed E-state index contributed by atoms with van der Waals surface area (Å²) < 4.78 is 11.0. The van der Waals surface area contributed by atoms with Gasteiger partial charge >= 0.3 is 11.6 Å². The number of esters is 1. The molecule has 1 aromatic heterocycles. The van der Waals surface area contributed by atoms with Crippen LogP contribution in [0.25, 0.3) is 11.0 Å². The standard InChI is InChI=1S/C28H29NO6/c1-15(2)10-23(29-26(31)19-8-6-7-9-20(19)27(29)32)28(33)34-14-18-12-25(30)35-24-11-17(5)21(16(3)4)13-22(18)24/h6-9,11-13,15-16,23H,10,14H2,1-5H3/t23-/m0/s1. The number of rotatable bonds is 7. The Morgan fingerprint density at radius 2 is 1.60 bits per heavy atom. The molecule has 35 heavy (non-hydrogen) atoms. The zero-order valence-electron chi connectivity index (χ0n) is 20.6. The van der Waals surface area contributed by atoms with Crippen LogP contribution in [-0.2, 0) is 16.1 Å². The van der Waals surface area contributed by atoms with Gasteiger partial charge in [-0.2, -0.15) is 0 Å². The van der Waals surface area contributed by atoms with Gasteiger partial charge in [0, 0.05) is 17.0 Å². The van der Waals surface area contributed by atoms with Crippen LogP contribution in [0.4, 0.5) is 0 Å². The van der Waals surface area contributed by atoms with Crippen LogP contribution in [0, 0.1) is 12.8 Å². The van der Waals surface area contributed by atoms with Crippen LogP contribution in [0.2, 0.25) is 0 Å². The van der Waals surface area contributed by atoms with Gasteiger partial charge in [0.15, 0.2) is 0 Å². The van der Waals surface area contributed by atoms with Crippen LogP contribution in [0.1, 0.15) is 77.4 Å². The minimum Gasteiger partial charge on any atom is -0.459 e. The van der Waals surface area contributed by atoms with Gasteiger partial charge in [0.05, 0.1) is 11.1 Å². The topological polar surface area (TPSA) is 93.9 Å². The number of carbonyl (C=O) groups is 3. The van der Waals surface area contributed by atoms with Crippen molar-refractivity contribution < 1.29 is 23.5 Å². The highest BCUT2D eigenvalue weighted by molar-refractivity contribution is 6.22. The average molecular weight is 476 g/mol. The van der Waals surface area contributed by atoms with E-state index in [0.29, 0.717) is 16.5 Å². The van der Waals surface area contributed by atoms with Crippen LogP contribution >= 0.6 is 0 Å². The fraction of sp³-hybridized carbons (Fsp3) is 0.357. The molecule has 4 rings (SSSR count). The van der Waals surface area contributed by atoms with E-state index in [1.54, 1.807) is 24.3 Å². The van der Waals surface area contributed by atoms with Gasteiger partial charge in [-0.1, -0.05) is 39.8 Å². The molecule has 3 aromatic rings. The Kier molecular flexibility index (Phi) is 6.61. The zero-order chi connectivity index (χ0) is 25.4. The first-order valence-corrected chi connectivity index (χ1v) is 11.8. The van der Waals surface area contributed by atoms with Crippen molar-refractivity contribution in [3.63, 3.8) is 0 Å². The van der Waals surface area contributed by atoms with Crippen molar-refractivity contribution in [2.24, 2.45) is 5.92 Å². The summed E-state index contributed by atoms with van der Waals surface area (Å²) >= 11 is 0. The number of aryl methyl sites for hydroxylation is 1. The van der Waals surface area contributed by atoms with E-state index < -0.39 is 29.5 Å². The number of hydrogen-bond acceptors (Lipinski definition) is 6. The Morgan fingerprint density at radius 1 is 0.971 bits per heavy atom. The molecule has 1 atom stereocenters. The first-order valence-electron chi connectivity index (χ1n) is 11.8. The molecule has 0 saturated heterocycles. The highest BCUT2D eigenvalue weighted by atomic mass is 16.5. The van der Waals surface area contributed by atoms with Crippen molar-refractivity contribution in [3.8, 4) is 0 Å². The van der Waals surface area contributed by atoms with Crippen molar-refractivity contribution in [3.05, 3.63) is 80.7 Å². The summed E-state index contributed by atoms with van der Waals surface area (Å²) in [5.74, 6) is -1.41. The smallest absolute Gasteiger partial charge is 0.336 e. The summed E-state index contributed by atoms with van der Waals surface area (Å²) in [6.07, 6.45) is 0.263. The van der Waals surface area contributed by atoms with Crippen LogP contribution in [0.3, 0.4) is 0 Å². The summed E-state index contributed by atoms with van der Waals surface area (Å²) in [5.41, 5.74) is 3.06. The van der Waals surface area contributed by atoms with E-state index in [9.17, 15) is 19.2 Å². The zero-order valence-corrected chi connectivity index (χ0v) is 20.6. The molecule has 0 N–H and O–H groups in total. The third-order valence-electron chi connectivity index (χ3n) is 6.31. The normalized spacial score (nSPS) is 14.2. The van der Waals surface area contributed by atoms with Crippen LogP contribution in [0.5, 0.6) is 0 Å². The average Bonchev–Trinajstić information content (AvgIpc) is 3.05. The second-order valence-corrected chi connectivity index (χ2v) is 9.73. The molecule has 0 aliphatic carbocycles. The number of fused-ring (bicyclic) bond motifs is 2. The van der Waals surface area contributed by atoms with Crippen LogP contribution in [-0.4, -0.2) is 28.7 Å². The number of hydrogen-bond donors (Lipinski definition) is 0.